The van der Waals surface area contributed by atoms with Crippen LogP contribution in [0.5, 0.6) is 5.75 Å². The zero-order valence-electron chi connectivity index (χ0n) is 15.6. The Kier molecular flexibility index (Phi) is 5.51. The minimum absolute atomic E-state index is 0.0782. The van der Waals surface area contributed by atoms with Gasteiger partial charge in [-0.15, -0.1) is 11.3 Å². The first-order valence-electron chi connectivity index (χ1n) is 9.00. The van der Waals surface area contributed by atoms with E-state index in [-0.39, 0.29) is 18.2 Å². The molecule has 2 heterocycles. The molecule has 1 N–H and O–H groups in total. The number of rotatable bonds is 5. The van der Waals surface area contributed by atoms with Gasteiger partial charge < -0.3 is 15.0 Å². The number of methoxy groups -OCH3 is 1. The molecule has 0 radical (unpaired) electrons. The van der Waals surface area contributed by atoms with E-state index in [9.17, 15) is 9.59 Å². The molecule has 4 rings (SSSR count). The molecular weight excluding hydrogens is 410 g/mol. The van der Waals surface area contributed by atoms with Gasteiger partial charge >= 0.3 is 0 Å². The van der Waals surface area contributed by atoms with Crippen LogP contribution in [0.2, 0.25) is 5.02 Å². The van der Waals surface area contributed by atoms with Crippen LogP contribution in [0.25, 0.3) is 11.3 Å². The van der Waals surface area contributed by atoms with Gasteiger partial charge in [-0.1, -0.05) is 11.6 Å². The molecule has 2 aromatic carbocycles. The molecule has 1 aromatic heterocycles. The normalized spacial score (nSPS) is 16.1. The van der Waals surface area contributed by atoms with Crippen molar-refractivity contribution in [1.29, 1.82) is 0 Å². The fourth-order valence-corrected chi connectivity index (χ4v) is 4.04. The van der Waals surface area contributed by atoms with E-state index in [0.29, 0.717) is 16.7 Å². The molecule has 1 aliphatic rings. The summed E-state index contributed by atoms with van der Waals surface area (Å²) in [6.45, 7) is 0.336. The summed E-state index contributed by atoms with van der Waals surface area (Å²) in [7, 11) is 1.62. The van der Waals surface area contributed by atoms with E-state index >= 15 is 0 Å². The highest BCUT2D eigenvalue weighted by molar-refractivity contribution is 7.14. The smallest absolute Gasteiger partial charge is 0.231 e. The van der Waals surface area contributed by atoms with Gasteiger partial charge in [-0.25, -0.2) is 4.98 Å². The number of hydrogen-bond donors (Lipinski definition) is 1. The van der Waals surface area contributed by atoms with Crippen LogP contribution in [-0.4, -0.2) is 30.5 Å². The molecular formula is C21H18ClN3O3S. The Balaban J connectivity index is 1.41. The van der Waals surface area contributed by atoms with E-state index in [4.69, 9.17) is 16.3 Å². The first kappa shape index (κ1) is 19.4. The number of hydrogen-bond acceptors (Lipinski definition) is 5. The molecule has 0 saturated carbocycles. The molecule has 0 spiro atoms. The lowest BCUT2D eigenvalue weighted by atomic mass is 10.1. The maximum atomic E-state index is 12.7. The van der Waals surface area contributed by atoms with E-state index in [1.807, 2.05) is 29.6 Å². The zero-order chi connectivity index (χ0) is 20.4. The quantitative estimate of drug-likeness (QED) is 0.652. The van der Waals surface area contributed by atoms with Crippen molar-refractivity contribution in [2.45, 2.75) is 6.42 Å². The lowest BCUT2D eigenvalue weighted by molar-refractivity contribution is -0.122. The molecule has 3 aromatic rings. The fourth-order valence-electron chi connectivity index (χ4n) is 3.19. The highest BCUT2D eigenvalue weighted by Gasteiger charge is 2.35. The van der Waals surface area contributed by atoms with Gasteiger partial charge in [-0.3, -0.25) is 9.59 Å². The number of nitrogens with one attached hydrogen (secondary N) is 1. The Hall–Kier alpha value is -2.90. The van der Waals surface area contributed by atoms with Crippen molar-refractivity contribution in [3.05, 3.63) is 58.9 Å². The van der Waals surface area contributed by atoms with E-state index in [1.165, 1.54) is 11.3 Å². The summed E-state index contributed by atoms with van der Waals surface area (Å²) in [5.74, 6) is 0.0659. The van der Waals surface area contributed by atoms with E-state index in [0.717, 1.165) is 22.7 Å². The van der Waals surface area contributed by atoms with Crippen molar-refractivity contribution in [2.75, 3.05) is 23.9 Å². The van der Waals surface area contributed by atoms with Crippen molar-refractivity contribution in [1.82, 2.24) is 4.98 Å². The van der Waals surface area contributed by atoms with Crippen molar-refractivity contribution < 1.29 is 14.3 Å². The largest absolute Gasteiger partial charge is 0.497 e. The molecule has 8 heteroatoms. The number of carbonyl (C=O) groups excluding carboxylic acids is 2. The van der Waals surface area contributed by atoms with E-state index in [2.05, 4.69) is 10.3 Å². The highest BCUT2D eigenvalue weighted by atomic mass is 35.5. The fraction of sp³-hybridized carbons (Fsp3) is 0.190. The first-order valence-corrected chi connectivity index (χ1v) is 10.3. The summed E-state index contributed by atoms with van der Waals surface area (Å²) >= 11 is 7.26. The molecule has 0 unspecified atom stereocenters. The molecule has 1 aliphatic heterocycles. The lowest BCUT2D eigenvalue weighted by Crippen LogP contribution is -2.28. The van der Waals surface area contributed by atoms with Crippen LogP contribution in [0, 0.1) is 5.92 Å². The number of nitrogens with zero attached hydrogens (tertiary/aromatic N) is 2. The number of amides is 2. The SMILES string of the molecule is COc1ccc(-c2csc(NC(=O)[C@@H]3CC(=O)N(c4ccc(Cl)cc4)C3)n2)cc1. The summed E-state index contributed by atoms with van der Waals surface area (Å²) in [4.78, 5) is 31.1. The van der Waals surface area contributed by atoms with Gasteiger partial charge in [0.2, 0.25) is 11.8 Å². The molecule has 0 aliphatic carbocycles. The number of ether oxygens (including phenoxy) is 1. The molecule has 0 bridgehead atoms. The Morgan fingerprint density at radius 2 is 1.93 bits per heavy atom. The minimum atomic E-state index is -0.425. The van der Waals surface area contributed by atoms with Gasteiger partial charge in [0.15, 0.2) is 5.13 Å². The van der Waals surface area contributed by atoms with Crippen LogP contribution in [0.4, 0.5) is 10.8 Å². The van der Waals surface area contributed by atoms with Crippen LogP contribution in [0.3, 0.4) is 0 Å². The number of aromatic nitrogens is 1. The lowest BCUT2D eigenvalue weighted by Gasteiger charge is -2.16. The third-order valence-electron chi connectivity index (χ3n) is 4.75. The van der Waals surface area contributed by atoms with Crippen LogP contribution < -0.4 is 15.0 Å². The number of anilines is 2. The van der Waals surface area contributed by atoms with Gasteiger partial charge in [0, 0.05) is 34.6 Å². The summed E-state index contributed by atoms with van der Waals surface area (Å²) in [6.07, 6.45) is 0.172. The molecule has 1 atom stereocenters. The molecule has 148 valence electrons. The van der Waals surface area contributed by atoms with Crippen LogP contribution in [0.1, 0.15) is 6.42 Å². The average Bonchev–Trinajstić information content (AvgIpc) is 3.35. The molecule has 29 heavy (non-hydrogen) atoms. The minimum Gasteiger partial charge on any atom is -0.497 e. The second kappa shape index (κ2) is 8.23. The van der Waals surface area contributed by atoms with Gasteiger partial charge in [0.25, 0.3) is 0 Å². The van der Waals surface area contributed by atoms with Gasteiger partial charge in [0.1, 0.15) is 5.75 Å². The van der Waals surface area contributed by atoms with Crippen LogP contribution in [0.15, 0.2) is 53.9 Å². The predicted octanol–water partition coefficient (Wildman–Crippen LogP) is 4.46. The monoisotopic (exact) mass is 427 g/mol. The maximum Gasteiger partial charge on any atom is 0.231 e. The second-order valence-corrected chi connectivity index (χ2v) is 7.93. The average molecular weight is 428 g/mol. The van der Waals surface area contributed by atoms with Crippen LogP contribution in [-0.2, 0) is 9.59 Å². The molecule has 6 nitrogen and oxygen atoms in total. The summed E-state index contributed by atoms with van der Waals surface area (Å²) in [6, 6.07) is 14.6. The van der Waals surface area contributed by atoms with E-state index in [1.54, 1.807) is 36.3 Å². The molecule has 2 amide bonds. The number of benzene rings is 2. The second-order valence-electron chi connectivity index (χ2n) is 6.64. The van der Waals surface area contributed by atoms with E-state index < -0.39 is 5.92 Å². The number of carbonyl (C=O) groups is 2. The number of thiazole rings is 1. The summed E-state index contributed by atoms with van der Waals surface area (Å²) in [5, 5.41) is 5.84. The summed E-state index contributed by atoms with van der Waals surface area (Å²) < 4.78 is 5.16. The standard InChI is InChI=1S/C21H18ClN3O3S/c1-28-17-8-2-13(3-9-17)18-12-29-21(23-18)24-20(27)14-10-19(26)25(11-14)16-6-4-15(22)5-7-16/h2-9,12,14H,10-11H2,1H3,(H,23,24,27)/t14-/m1/s1. The highest BCUT2D eigenvalue weighted by Crippen LogP contribution is 2.29. The predicted molar refractivity (Wildman–Crippen MR) is 115 cm³/mol. The zero-order valence-corrected chi connectivity index (χ0v) is 17.2. The molecule has 1 saturated heterocycles. The first-order chi connectivity index (χ1) is 14.0. The Morgan fingerprint density at radius 3 is 2.62 bits per heavy atom. The van der Waals surface area contributed by atoms with Crippen LogP contribution >= 0.6 is 22.9 Å². The Bertz CT molecular complexity index is 1030. The summed E-state index contributed by atoms with van der Waals surface area (Å²) in [5.41, 5.74) is 2.46. The third kappa shape index (κ3) is 4.26. The van der Waals surface area contributed by atoms with Gasteiger partial charge in [-0.2, -0.15) is 0 Å². The van der Waals surface area contributed by atoms with Crippen molar-refractivity contribution >= 4 is 45.6 Å². The van der Waals surface area contributed by atoms with Crippen molar-refractivity contribution in [2.24, 2.45) is 5.92 Å². The third-order valence-corrected chi connectivity index (χ3v) is 5.76. The van der Waals surface area contributed by atoms with Gasteiger partial charge in [-0.05, 0) is 48.5 Å². The van der Waals surface area contributed by atoms with Crippen molar-refractivity contribution in [3.63, 3.8) is 0 Å². The molecule has 1 fully saturated rings. The van der Waals surface area contributed by atoms with Gasteiger partial charge in [0.05, 0.1) is 18.7 Å². The topological polar surface area (TPSA) is 71.5 Å². The maximum absolute atomic E-state index is 12.7. The number of halogens is 1. The Labute approximate surface area is 177 Å². The Morgan fingerprint density at radius 1 is 1.21 bits per heavy atom. The van der Waals surface area contributed by atoms with Crippen molar-refractivity contribution in [3.8, 4) is 17.0 Å².